The molecule has 100 valence electrons. The van der Waals surface area contributed by atoms with Crippen molar-refractivity contribution in [1.82, 2.24) is 0 Å². The number of hydrogen-bond donors (Lipinski definition) is 0. The summed E-state index contributed by atoms with van der Waals surface area (Å²) in [7, 11) is 0. The summed E-state index contributed by atoms with van der Waals surface area (Å²) in [5.41, 5.74) is 1.19. The maximum atomic E-state index is 12.6. The summed E-state index contributed by atoms with van der Waals surface area (Å²) < 4.78 is 0. The van der Waals surface area contributed by atoms with Gasteiger partial charge in [0, 0.05) is 10.0 Å². The van der Waals surface area contributed by atoms with Crippen LogP contribution in [0.1, 0.15) is 0 Å². The fourth-order valence-electron chi connectivity index (χ4n) is 2.15. The maximum Gasteiger partial charge on any atom is 0.246 e. The van der Waals surface area contributed by atoms with Gasteiger partial charge in [-0.15, -0.1) is 0 Å². The highest BCUT2D eigenvalue weighted by Gasteiger charge is 2.34. The van der Waals surface area contributed by atoms with E-state index in [0.29, 0.717) is 21.4 Å². The van der Waals surface area contributed by atoms with Crippen LogP contribution in [-0.2, 0) is 4.79 Å². The lowest BCUT2D eigenvalue weighted by Crippen LogP contribution is -2.46. The molecule has 1 aliphatic heterocycles. The average Bonchev–Trinajstić information content (AvgIpc) is 2.37. The molecule has 3 nitrogen and oxygen atoms in total. The van der Waals surface area contributed by atoms with Gasteiger partial charge in [0.2, 0.25) is 11.0 Å². The summed E-state index contributed by atoms with van der Waals surface area (Å²) >= 11 is 17.2. The molecule has 1 aromatic rings. The molecule has 1 atom stereocenters. The number of nitrogens with zero attached hydrogens (tertiary/aromatic N) is 2. The van der Waals surface area contributed by atoms with Crippen molar-refractivity contribution in [2.75, 3.05) is 4.90 Å². The van der Waals surface area contributed by atoms with Gasteiger partial charge in [-0.3, -0.25) is 9.69 Å². The van der Waals surface area contributed by atoms with Crippen molar-refractivity contribution in [2.24, 2.45) is 10.9 Å². The number of thiocarbonyl (C=S) groups is 1. The zero-order valence-corrected chi connectivity index (χ0v) is 12.4. The van der Waals surface area contributed by atoms with Gasteiger partial charge in [0.25, 0.3) is 0 Å². The van der Waals surface area contributed by atoms with E-state index >= 15 is 0 Å². The Morgan fingerprint density at radius 2 is 1.85 bits per heavy atom. The summed E-state index contributed by atoms with van der Waals surface area (Å²) in [6.45, 7) is 0. The van der Waals surface area contributed by atoms with Crippen molar-refractivity contribution >= 4 is 57.8 Å². The fourth-order valence-corrected chi connectivity index (χ4v) is 2.96. The Balaban J connectivity index is 2.08. The smallest absolute Gasteiger partial charge is 0.246 e. The van der Waals surface area contributed by atoms with Crippen molar-refractivity contribution in [2.45, 2.75) is 0 Å². The van der Waals surface area contributed by atoms with E-state index in [4.69, 9.17) is 35.4 Å². The van der Waals surface area contributed by atoms with Crippen LogP contribution in [0.5, 0.6) is 0 Å². The molecule has 0 N–H and O–H groups in total. The highest BCUT2D eigenvalue weighted by molar-refractivity contribution is 7.80. The van der Waals surface area contributed by atoms with Gasteiger partial charge in [0.05, 0.1) is 17.3 Å². The van der Waals surface area contributed by atoms with Gasteiger partial charge in [0.1, 0.15) is 0 Å². The Kier molecular flexibility index (Phi) is 3.46. The van der Waals surface area contributed by atoms with Gasteiger partial charge in [-0.1, -0.05) is 41.4 Å². The van der Waals surface area contributed by atoms with Gasteiger partial charge in [-0.2, -0.15) is 0 Å². The normalized spacial score (nSPS) is 21.0. The van der Waals surface area contributed by atoms with Crippen LogP contribution in [0.25, 0.3) is 0 Å². The first-order valence-corrected chi connectivity index (χ1v) is 7.00. The third kappa shape index (κ3) is 2.30. The number of fused-ring (bicyclic) bond motifs is 1. The summed E-state index contributed by atoms with van der Waals surface area (Å²) in [6.07, 6.45) is 7.23. The molecular formula is C14H8Cl2N2OS. The molecule has 1 unspecified atom stereocenters. The Morgan fingerprint density at radius 1 is 1.15 bits per heavy atom. The zero-order valence-electron chi connectivity index (χ0n) is 10.1. The number of benzene rings is 1. The predicted molar refractivity (Wildman–Crippen MR) is 85.8 cm³/mol. The summed E-state index contributed by atoms with van der Waals surface area (Å²) in [6, 6.07) is 4.88. The number of allylic oxidation sites excluding steroid dienone is 3. The van der Waals surface area contributed by atoms with Crippen LogP contribution in [0.4, 0.5) is 5.69 Å². The van der Waals surface area contributed by atoms with Crippen LogP contribution < -0.4 is 4.90 Å². The van der Waals surface area contributed by atoms with Crippen molar-refractivity contribution < 1.29 is 4.79 Å². The molecule has 0 aromatic heterocycles. The highest BCUT2D eigenvalue weighted by Crippen LogP contribution is 2.30. The standard InChI is InChI=1S/C14H8Cl2N2OS/c15-8-5-9(16)7-10(6-8)18-13(19)11-3-1-2-4-12(11)17-14(18)20/h1-7,11H. The van der Waals surface area contributed by atoms with Crippen molar-refractivity contribution in [3.63, 3.8) is 0 Å². The molecule has 20 heavy (non-hydrogen) atoms. The Labute approximate surface area is 131 Å². The molecular weight excluding hydrogens is 315 g/mol. The van der Waals surface area contributed by atoms with Crippen LogP contribution in [-0.4, -0.2) is 16.7 Å². The number of carbonyl (C=O) groups is 1. The van der Waals surface area contributed by atoms with Crippen molar-refractivity contribution in [3.05, 3.63) is 52.5 Å². The Morgan fingerprint density at radius 3 is 2.55 bits per heavy atom. The lowest BCUT2D eigenvalue weighted by Gasteiger charge is -2.30. The molecule has 3 rings (SSSR count). The first-order chi connectivity index (χ1) is 9.56. The molecule has 0 spiro atoms. The van der Waals surface area contributed by atoms with Crippen LogP contribution in [0.15, 0.2) is 47.5 Å². The second-order valence-electron chi connectivity index (χ2n) is 4.34. The number of anilines is 1. The predicted octanol–water partition coefficient (Wildman–Crippen LogP) is 3.81. The number of carbonyl (C=O) groups excluding carboxylic acids is 1. The molecule has 6 heteroatoms. The third-order valence-electron chi connectivity index (χ3n) is 3.01. The second-order valence-corrected chi connectivity index (χ2v) is 5.58. The van der Waals surface area contributed by atoms with E-state index in [1.807, 2.05) is 12.2 Å². The molecule has 1 heterocycles. The second kappa shape index (κ2) is 5.13. The van der Waals surface area contributed by atoms with Crippen LogP contribution >= 0.6 is 35.4 Å². The van der Waals surface area contributed by atoms with Crippen LogP contribution in [0.3, 0.4) is 0 Å². The minimum absolute atomic E-state index is 0.154. The van der Waals surface area contributed by atoms with Gasteiger partial charge in [-0.05, 0) is 36.5 Å². The summed E-state index contributed by atoms with van der Waals surface area (Å²) in [5.74, 6) is -0.566. The molecule has 0 saturated heterocycles. The van der Waals surface area contributed by atoms with E-state index in [2.05, 4.69) is 4.99 Å². The molecule has 1 aliphatic carbocycles. The first kappa shape index (κ1) is 13.5. The van der Waals surface area contributed by atoms with Gasteiger partial charge >= 0.3 is 0 Å². The molecule has 0 fully saturated rings. The molecule has 1 aromatic carbocycles. The number of amides is 1. The average molecular weight is 323 g/mol. The van der Waals surface area contributed by atoms with E-state index in [0.717, 1.165) is 0 Å². The quantitative estimate of drug-likeness (QED) is 0.736. The minimum Gasteiger partial charge on any atom is -0.273 e. The van der Waals surface area contributed by atoms with E-state index in [1.165, 1.54) is 4.90 Å². The molecule has 1 amide bonds. The molecule has 0 bridgehead atoms. The van der Waals surface area contributed by atoms with E-state index in [9.17, 15) is 4.79 Å². The molecule has 2 aliphatic rings. The largest absolute Gasteiger partial charge is 0.273 e. The van der Waals surface area contributed by atoms with E-state index < -0.39 is 5.92 Å². The fraction of sp³-hybridized carbons (Fsp3) is 0.0714. The van der Waals surface area contributed by atoms with E-state index in [1.54, 1.807) is 30.4 Å². The van der Waals surface area contributed by atoms with Crippen LogP contribution in [0, 0.1) is 5.92 Å². The first-order valence-electron chi connectivity index (χ1n) is 5.84. The van der Waals surface area contributed by atoms with Gasteiger partial charge < -0.3 is 0 Å². The van der Waals surface area contributed by atoms with Crippen molar-refractivity contribution in [1.29, 1.82) is 0 Å². The van der Waals surface area contributed by atoms with Gasteiger partial charge in [-0.25, -0.2) is 4.99 Å². The number of aliphatic imine (C=N–C) groups is 1. The van der Waals surface area contributed by atoms with E-state index in [-0.39, 0.29) is 11.0 Å². The minimum atomic E-state index is -0.413. The third-order valence-corrected chi connectivity index (χ3v) is 3.72. The lowest BCUT2D eigenvalue weighted by molar-refractivity contribution is -0.118. The Bertz CT molecular complexity index is 689. The zero-order chi connectivity index (χ0) is 14.3. The molecule has 0 radical (unpaired) electrons. The van der Waals surface area contributed by atoms with Crippen molar-refractivity contribution in [3.8, 4) is 0 Å². The lowest BCUT2D eigenvalue weighted by atomic mass is 9.95. The van der Waals surface area contributed by atoms with Crippen LogP contribution in [0.2, 0.25) is 10.0 Å². The summed E-state index contributed by atoms with van der Waals surface area (Å²) in [5, 5.41) is 1.08. The SMILES string of the molecule is O=C1C2C=CC=CC2=NC(=S)N1c1cc(Cl)cc(Cl)c1. The number of rotatable bonds is 1. The summed E-state index contributed by atoms with van der Waals surface area (Å²) in [4.78, 5) is 18.2. The Hall–Kier alpha value is -1.49. The van der Waals surface area contributed by atoms with Gasteiger partial charge in [0.15, 0.2) is 0 Å². The number of halogens is 2. The maximum absolute atomic E-state index is 12.6. The topological polar surface area (TPSA) is 32.7 Å². The highest BCUT2D eigenvalue weighted by atomic mass is 35.5. The molecule has 0 saturated carbocycles. The monoisotopic (exact) mass is 322 g/mol. The number of hydrogen-bond acceptors (Lipinski definition) is 2.